The van der Waals surface area contributed by atoms with Gasteiger partial charge < -0.3 is 20.1 Å². The van der Waals surface area contributed by atoms with E-state index < -0.39 is 5.97 Å². The predicted octanol–water partition coefficient (Wildman–Crippen LogP) is 2.57. The Labute approximate surface area is 169 Å². The fraction of sp³-hybridized carbons (Fsp3) is 0.227. The van der Waals surface area contributed by atoms with Gasteiger partial charge in [-0.3, -0.25) is 14.4 Å². The van der Waals surface area contributed by atoms with Gasteiger partial charge in [0.25, 0.3) is 5.91 Å². The Morgan fingerprint density at radius 1 is 0.966 bits per heavy atom. The second-order valence-corrected chi connectivity index (χ2v) is 6.13. The molecule has 152 valence electrons. The van der Waals surface area contributed by atoms with Crippen molar-refractivity contribution in [3.8, 4) is 11.5 Å². The van der Waals surface area contributed by atoms with Crippen molar-refractivity contribution in [1.29, 1.82) is 0 Å². The van der Waals surface area contributed by atoms with Crippen LogP contribution in [0.4, 0.5) is 0 Å². The summed E-state index contributed by atoms with van der Waals surface area (Å²) < 4.78 is 10.0. The van der Waals surface area contributed by atoms with Crippen molar-refractivity contribution in [2.75, 3.05) is 20.2 Å². The summed E-state index contributed by atoms with van der Waals surface area (Å²) in [5.41, 5.74) is 1.29. The van der Waals surface area contributed by atoms with Crippen molar-refractivity contribution in [2.45, 2.75) is 13.3 Å². The van der Waals surface area contributed by atoms with Crippen molar-refractivity contribution in [3.63, 3.8) is 0 Å². The Bertz CT molecular complexity index is 875. The van der Waals surface area contributed by atoms with E-state index in [1.165, 1.54) is 19.1 Å². The van der Waals surface area contributed by atoms with Crippen LogP contribution < -0.4 is 20.1 Å². The number of carbonyl (C=O) groups is 3. The number of rotatable bonds is 9. The molecule has 0 aliphatic heterocycles. The summed E-state index contributed by atoms with van der Waals surface area (Å²) >= 11 is 0. The second kappa shape index (κ2) is 11.3. The molecule has 0 bridgehead atoms. The van der Waals surface area contributed by atoms with E-state index in [-0.39, 0.29) is 11.8 Å². The van der Waals surface area contributed by atoms with Crippen LogP contribution in [0, 0.1) is 0 Å². The lowest BCUT2D eigenvalue weighted by molar-refractivity contribution is -0.131. The van der Waals surface area contributed by atoms with Gasteiger partial charge in [-0.05, 0) is 48.4 Å². The number of amides is 2. The predicted molar refractivity (Wildman–Crippen MR) is 110 cm³/mol. The van der Waals surface area contributed by atoms with Crippen LogP contribution in [0.25, 0.3) is 6.08 Å². The molecule has 0 atom stereocenters. The maximum absolute atomic E-state index is 12.1. The number of benzene rings is 2. The number of ether oxygens (including phenoxy) is 2. The van der Waals surface area contributed by atoms with E-state index >= 15 is 0 Å². The van der Waals surface area contributed by atoms with Crippen molar-refractivity contribution in [1.82, 2.24) is 10.6 Å². The van der Waals surface area contributed by atoms with Crippen LogP contribution >= 0.6 is 0 Å². The first-order valence-corrected chi connectivity index (χ1v) is 9.14. The largest absolute Gasteiger partial charge is 0.497 e. The van der Waals surface area contributed by atoms with E-state index in [1.807, 2.05) is 24.3 Å². The average molecular weight is 396 g/mol. The van der Waals surface area contributed by atoms with E-state index in [2.05, 4.69) is 10.6 Å². The van der Waals surface area contributed by atoms with E-state index in [4.69, 9.17) is 9.47 Å². The van der Waals surface area contributed by atoms with Gasteiger partial charge in [0.15, 0.2) is 0 Å². The first-order chi connectivity index (χ1) is 14.0. The fourth-order valence-corrected chi connectivity index (χ4v) is 2.42. The lowest BCUT2D eigenvalue weighted by atomic mass is 10.2. The lowest BCUT2D eigenvalue weighted by Gasteiger charge is -2.07. The molecule has 0 saturated carbocycles. The highest BCUT2D eigenvalue weighted by Gasteiger charge is 2.07. The summed E-state index contributed by atoms with van der Waals surface area (Å²) in [6, 6.07) is 13.7. The van der Waals surface area contributed by atoms with Gasteiger partial charge in [-0.1, -0.05) is 18.2 Å². The normalized spacial score (nSPS) is 10.4. The third-order valence-corrected chi connectivity index (χ3v) is 3.84. The van der Waals surface area contributed by atoms with Crippen LogP contribution in [0.5, 0.6) is 11.5 Å². The Morgan fingerprint density at radius 3 is 2.38 bits per heavy atom. The Kier molecular flexibility index (Phi) is 8.44. The molecule has 7 nitrogen and oxygen atoms in total. The van der Waals surface area contributed by atoms with Gasteiger partial charge in [0.1, 0.15) is 11.5 Å². The number of nitrogens with one attached hydrogen (secondary N) is 2. The second-order valence-electron chi connectivity index (χ2n) is 6.13. The maximum Gasteiger partial charge on any atom is 0.308 e. The molecule has 0 aliphatic rings. The monoisotopic (exact) mass is 396 g/mol. The molecule has 29 heavy (non-hydrogen) atoms. The van der Waals surface area contributed by atoms with Crippen LogP contribution in [0.3, 0.4) is 0 Å². The number of hydrogen-bond acceptors (Lipinski definition) is 5. The van der Waals surface area contributed by atoms with Crippen LogP contribution in [0.2, 0.25) is 0 Å². The topological polar surface area (TPSA) is 93.7 Å². The Morgan fingerprint density at radius 2 is 1.69 bits per heavy atom. The summed E-state index contributed by atoms with van der Waals surface area (Å²) in [6.07, 6.45) is 3.76. The fourth-order valence-electron chi connectivity index (χ4n) is 2.42. The minimum absolute atomic E-state index is 0.207. The van der Waals surface area contributed by atoms with E-state index in [0.717, 1.165) is 11.3 Å². The molecule has 7 heteroatoms. The minimum atomic E-state index is -0.445. The smallest absolute Gasteiger partial charge is 0.308 e. The maximum atomic E-state index is 12.1. The molecule has 0 heterocycles. The SMILES string of the molecule is COc1ccc(/C=C/C(=O)NCCCNC(=O)c2cccc(OC(C)=O)c2)cc1. The molecular formula is C22H24N2O5. The van der Waals surface area contributed by atoms with Crippen LogP contribution in [-0.4, -0.2) is 38.0 Å². The summed E-state index contributed by atoms with van der Waals surface area (Å²) in [4.78, 5) is 34.9. The third kappa shape index (κ3) is 7.88. The van der Waals surface area contributed by atoms with Gasteiger partial charge in [0.05, 0.1) is 7.11 Å². The first kappa shape index (κ1) is 21.7. The van der Waals surface area contributed by atoms with Gasteiger partial charge >= 0.3 is 5.97 Å². The molecule has 0 unspecified atom stereocenters. The molecule has 0 aliphatic carbocycles. The van der Waals surface area contributed by atoms with Gasteiger partial charge in [-0.25, -0.2) is 0 Å². The van der Waals surface area contributed by atoms with Crippen LogP contribution in [-0.2, 0) is 9.59 Å². The molecule has 0 radical (unpaired) electrons. The molecular weight excluding hydrogens is 372 g/mol. The average Bonchev–Trinajstić information content (AvgIpc) is 2.72. The molecule has 0 saturated heterocycles. The molecule has 2 rings (SSSR count). The van der Waals surface area contributed by atoms with Crippen molar-refractivity contribution >= 4 is 23.9 Å². The summed E-state index contributed by atoms with van der Waals surface area (Å²) in [5, 5.41) is 5.52. The Balaban J connectivity index is 1.68. The highest BCUT2D eigenvalue weighted by atomic mass is 16.5. The number of hydrogen-bond donors (Lipinski definition) is 2. The molecule has 2 aromatic rings. The van der Waals surface area contributed by atoms with Gasteiger partial charge in [-0.2, -0.15) is 0 Å². The third-order valence-electron chi connectivity index (χ3n) is 3.84. The zero-order valence-electron chi connectivity index (χ0n) is 16.4. The Hall–Kier alpha value is -3.61. The van der Waals surface area contributed by atoms with Crippen LogP contribution in [0.15, 0.2) is 54.6 Å². The first-order valence-electron chi connectivity index (χ1n) is 9.14. The summed E-state index contributed by atoms with van der Waals surface area (Å²) in [6.45, 7) is 2.13. The molecule has 2 N–H and O–H groups in total. The molecule has 2 aromatic carbocycles. The number of carbonyl (C=O) groups excluding carboxylic acids is 3. The quantitative estimate of drug-likeness (QED) is 0.294. The molecule has 2 amide bonds. The van der Waals surface area contributed by atoms with Crippen molar-refractivity contribution in [3.05, 3.63) is 65.7 Å². The van der Waals surface area contributed by atoms with Crippen molar-refractivity contribution in [2.24, 2.45) is 0 Å². The number of esters is 1. The summed E-state index contributed by atoms with van der Waals surface area (Å²) in [7, 11) is 1.60. The van der Waals surface area contributed by atoms with E-state index in [1.54, 1.807) is 31.4 Å². The van der Waals surface area contributed by atoms with Crippen LogP contribution in [0.1, 0.15) is 29.3 Å². The highest BCUT2D eigenvalue weighted by Crippen LogP contribution is 2.13. The van der Waals surface area contributed by atoms with E-state index in [0.29, 0.717) is 30.8 Å². The zero-order chi connectivity index (χ0) is 21.1. The lowest BCUT2D eigenvalue weighted by Crippen LogP contribution is -2.29. The number of methoxy groups -OCH3 is 1. The van der Waals surface area contributed by atoms with Gasteiger partial charge in [0, 0.05) is 31.7 Å². The summed E-state index contributed by atoms with van der Waals surface area (Å²) in [5.74, 6) is 0.151. The van der Waals surface area contributed by atoms with Crippen molar-refractivity contribution < 1.29 is 23.9 Å². The van der Waals surface area contributed by atoms with Gasteiger partial charge in [0.2, 0.25) is 5.91 Å². The highest BCUT2D eigenvalue weighted by molar-refractivity contribution is 5.94. The van der Waals surface area contributed by atoms with Gasteiger partial charge in [-0.15, -0.1) is 0 Å². The standard InChI is InChI=1S/C22H24N2O5/c1-16(25)29-20-6-3-5-18(15-20)22(27)24-14-4-13-23-21(26)12-9-17-7-10-19(28-2)11-8-17/h3,5-12,15H,4,13-14H2,1-2H3,(H,23,26)(H,24,27)/b12-9+. The molecule has 0 spiro atoms. The minimum Gasteiger partial charge on any atom is -0.497 e. The van der Waals surface area contributed by atoms with E-state index in [9.17, 15) is 14.4 Å². The molecule has 0 fully saturated rings. The molecule has 0 aromatic heterocycles. The zero-order valence-corrected chi connectivity index (χ0v) is 16.4.